The van der Waals surface area contributed by atoms with Crippen LogP contribution in [-0.2, 0) is 0 Å². The van der Waals surface area contributed by atoms with Crippen molar-refractivity contribution in [1.82, 2.24) is 24.3 Å². The first-order chi connectivity index (χ1) is 17.1. The molecule has 0 saturated heterocycles. The molecule has 0 radical (unpaired) electrons. The Labute approximate surface area is 205 Å². The zero-order valence-electron chi connectivity index (χ0n) is 19.1. The summed E-state index contributed by atoms with van der Waals surface area (Å²) in [7, 11) is 0. The summed E-state index contributed by atoms with van der Waals surface area (Å²) >= 11 is 1.40. The van der Waals surface area contributed by atoms with Crippen LogP contribution in [0.4, 0.5) is 0 Å². The lowest BCUT2D eigenvalue weighted by atomic mass is 10.2. The van der Waals surface area contributed by atoms with E-state index in [9.17, 15) is 4.79 Å². The number of aryl methyl sites for hydroxylation is 1. The molecule has 5 aromatic rings. The molecule has 6 rings (SSSR count). The Kier molecular flexibility index (Phi) is 5.26. The number of carbonyl (C=O) groups is 1. The summed E-state index contributed by atoms with van der Waals surface area (Å²) in [6, 6.07) is 17.6. The van der Waals surface area contributed by atoms with Gasteiger partial charge in [0.05, 0.1) is 23.0 Å². The van der Waals surface area contributed by atoms with Crippen LogP contribution in [0.25, 0.3) is 22.4 Å². The highest BCUT2D eigenvalue weighted by molar-refractivity contribution is 8.00. The second-order valence-corrected chi connectivity index (χ2v) is 9.14. The van der Waals surface area contributed by atoms with E-state index in [1.165, 1.54) is 18.1 Å². The van der Waals surface area contributed by atoms with E-state index in [2.05, 4.69) is 19.6 Å². The van der Waals surface area contributed by atoms with Gasteiger partial charge in [-0.25, -0.2) is 14.6 Å². The van der Waals surface area contributed by atoms with Gasteiger partial charge in [0.15, 0.2) is 22.9 Å². The van der Waals surface area contributed by atoms with E-state index in [1.54, 1.807) is 10.9 Å². The van der Waals surface area contributed by atoms with Crippen LogP contribution in [0.15, 0.2) is 72.1 Å². The molecule has 8 nitrogen and oxygen atoms in total. The topological polar surface area (TPSA) is 84.1 Å². The van der Waals surface area contributed by atoms with Gasteiger partial charge < -0.3 is 14.0 Å². The zero-order chi connectivity index (χ0) is 23.9. The minimum absolute atomic E-state index is 0.0392. The Hall–Kier alpha value is -4.11. The van der Waals surface area contributed by atoms with E-state index in [0.717, 1.165) is 38.9 Å². The number of hydrogen-bond acceptors (Lipinski definition) is 7. The molecule has 0 spiro atoms. The number of Topliss-reactive ketones (excluding diaryl/α,β-unsaturated/α-hetero) is 1. The van der Waals surface area contributed by atoms with E-state index in [0.29, 0.717) is 17.0 Å². The van der Waals surface area contributed by atoms with Crippen molar-refractivity contribution in [1.29, 1.82) is 0 Å². The molecule has 0 fully saturated rings. The predicted molar refractivity (Wildman–Crippen MR) is 133 cm³/mol. The van der Waals surface area contributed by atoms with E-state index in [1.807, 2.05) is 68.4 Å². The molecular formula is C26H21N5O3S. The second-order valence-electron chi connectivity index (χ2n) is 8.18. The molecule has 35 heavy (non-hydrogen) atoms. The standard InChI is InChI=1S/C26H21N5O3S/c1-16-10-20(17(2)30(16)19-8-9-23-24(11-19)34-15-33-23)22(32)13-35-26-21-12-29-31(25(21)27-14-28-26)18-6-4-3-5-7-18/h3-12,14H,13,15H2,1-2H3. The third-order valence-corrected chi connectivity index (χ3v) is 7.02. The molecule has 0 atom stereocenters. The summed E-state index contributed by atoms with van der Waals surface area (Å²) in [6.07, 6.45) is 3.27. The summed E-state index contributed by atoms with van der Waals surface area (Å²) in [4.78, 5) is 22.1. The van der Waals surface area contributed by atoms with Gasteiger partial charge in [-0.3, -0.25) is 4.79 Å². The number of carbonyl (C=O) groups excluding carboxylic acids is 1. The van der Waals surface area contributed by atoms with Crippen LogP contribution in [0.3, 0.4) is 0 Å². The van der Waals surface area contributed by atoms with Crippen LogP contribution in [0.1, 0.15) is 21.7 Å². The third kappa shape index (κ3) is 3.74. The van der Waals surface area contributed by atoms with E-state index < -0.39 is 0 Å². The van der Waals surface area contributed by atoms with Gasteiger partial charge in [0.2, 0.25) is 6.79 Å². The number of thioether (sulfide) groups is 1. The zero-order valence-corrected chi connectivity index (χ0v) is 20.0. The Morgan fingerprint density at radius 1 is 1.00 bits per heavy atom. The third-order valence-electron chi connectivity index (χ3n) is 6.02. The molecule has 0 amide bonds. The number of aromatic nitrogens is 5. The first-order valence-corrected chi connectivity index (χ1v) is 12.1. The average Bonchev–Trinajstić information content (AvgIpc) is 3.60. The molecular weight excluding hydrogens is 462 g/mol. The van der Waals surface area contributed by atoms with Gasteiger partial charge in [0.1, 0.15) is 11.4 Å². The van der Waals surface area contributed by atoms with Gasteiger partial charge in [-0.1, -0.05) is 30.0 Å². The van der Waals surface area contributed by atoms with Crippen LogP contribution in [0, 0.1) is 13.8 Å². The SMILES string of the molecule is Cc1cc(C(=O)CSc2ncnc3c2cnn3-c2ccccc2)c(C)n1-c1ccc2c(c1)OCO2. The molecule has 174 valence electrons. The van der Waals surface area contributed by atoms with Crippen molar-refractivity contribution in [2.45, 2.75) is 18.9 Å². The van der Waals surface area contributed by atoms with Gasteiger partial charge in [-0.2, -0.15) is 5.10 Å². The van der Waals surface area contributed by atoms with Crippen molar-refractivity contribution in [3.8, 4) is 22.9 Å². The Bertz CT molecular complexity index is 1580. The molecule has 2 aromatic carbocycles. The first-order valence-electron chi connectivity index (χ1n) is 11.1. The lowest BCUT2D eigenvalue weighted by molar-refractivity contribution is 0.102. The van der Waals surface area contributed by atoms with Gasteiger partial charge in [0.25, 0.3) is 0 Å². The number of rotatable bonds is 6. The van der Waals surface area contributed by atoms with Gasteiger partial charge in [-0.15, -0.1) is 0 Å². The predicted octanol–water partition coefficient (Wildman–Crippen LogP) is 4.93. The van der Waals surface area contributed by atoms with E-state index in [-0.39, 0.29) is 18.3 Å². The molecule has 1 aliphatic heterocycles. The molecule has 0 N–H and O–H groups in total. The normalized spacial score (nSPS) is 12.4. The maximum atomic E-state index is 13.2. The van der Waals surface area contributed by atoms with Crippen LogP contribution in [-0.4, -0.2) is 42.6 Å². The van der Waals surface area contributed by atoms with E-state index >= 15 is 0 Å². The first kappa shape index (κ1) is 21.4. The Balaban J connectivity index is 1.25. The van der Waals surface area contributed by atoms with Gasteiger partial charge in [0, 0.05) is 28.7 Å². The number of para-hydroxylation sites is 1. The second kappa shape index (κ2) is 8.59. The maximum absolute atomic E-state index is 13.2. The number of ketones is 1. The van der Waals surface area contributed by atoms with Crippen molar-refractivity contribution in [2.75, 3.05) is 12.5 Å². The molecule has 4 heterocycles. The Morgan fingerprint density at radius 3 is 2.69 bits per heavy atom. The molecule has 0 unspecified atom stereocenters. The lowest BCUT2D eigenvalue weighted by Gasteiger charge is -2.10. The van der Waals surface area contributed by atoms with Gasteiger partial charge >= 0.3 is 0 Å². The molecule has 1 aliphatic rings. The fraction of sp³-hybridized carbons (Fsp3) is 0.154. The van der Waals surface area contributed by atoms with Crippen molar-refractivity contribution in [3.05, 3.63) is 84.1 Å². The molecule has 0 bridgehead atoms. The minimum Gasteiger partial charge on any atom is -0.454 e. The summed E-state index contributed by atoms with van der Waals surface area (Å²) in [6.45, 7) is 4.18. The summed E-state index contributed by atoms with van der Waals surface area (Å²) in [5.41, 5.74) is 5.12. The Morgan fingerprint density at radius 2 is 1.83 bits per heavy atom. The number of benzene rings is 2. The maximum Gasteiger partial charge on any atom is 0.231 e. The quantitative estimate of drug-likeness (QED) is 0.192. The van der Waals surface area contributed by atoms with Crippen LogP contribution in [0.5, 0.6) is 11.5 Å². The lowest BCUT2D eigenvalue weighted by Crippen LogP contribution is -2.06. The van der Waals surface area contributed by atoms with Crippen molar-refractivity contribution < 1.29 is 14.3 Å². The van der Waals surface area contributed by atoms with E-state index in [4.69, 9.17) is 9.47 Å². The number of nitrogens with zero attached hydrogens (tertiary/aromatic N) is 5. The molecule has 3 aromatic heterocycles. The largest absolute Gasteiger partial charge is 0.454 e. The van der Waals surface area contributed by atoms with Crippen molar-refractivity contribution in [3.63, 3.8) is 0 Å². The van der Waals surface area contributed by atoms with Crippen LogP contribution < -0.4 is 9.47 Å². The highest BCUT2D eigenvalue weighted by Crippen LogP contribution is 2.35. The monoisotopic (exact) mass is 483 g/mol. The van der Waals surface area contributed by atoms with Crippen molar-refractivity contribution >= 4 is 28.6 Å². The highest BCUT2D eigenvalue weighted by atomic mass is 32.2. The average molecular weight is 484 g/mol. The van der Waals surface area contributed by atoms with Crippen LogP contribution >= 0.6 is 11.8 Å². The number of fused-ring (bicyclic) bond motifs is 2. The summed E-state index contributed by atoms with van der Waals surface area (Å²) in [5, 5.41) is 6.04. The van der Waals surface area contributed by atoms with Crippen LogP contribution in [0.2, 0.25) is 0 Å². The highest BCUT2D eigenvalue weighted by Gasteiger charge is 2.20. The fourth-order valence-corrected chi connectivity index (χ4v) is 5.22. The smallest absolute Gasteiger partial charge is 0.231 e. The molecule has 9 heteroatoms. The number of ether oxygens (including phenoxy) is 2. The summed E-state index contributed by atoms with van der Waals surface area (Å²) in [5.74, 6) is 1.74. The molecule has 0 saturated carbocycles. The van der Waals surface area contributed by atoms with Gasteiger partial charge in [-0.05, 0) is 44.2 Å². The fourth-order valence-electron chi connectivity index (χ4n) is 4.37. The number of hydrogen-bond donors (Lipinski definition) is 0. The minimum atomic E-state index is 0.0392. The molecule has 0 aliphatic carbocycles. The van der Waals surface area contributed by atoms with Crippen molar-refractivity contribution in [2.24, 2.45) is 0 Å². The summed E-state index contributed by atoms with van der Waals surface area (Å²) < 4.78 is 14.8.